The molecule has 0 amide bonds. The van der Waals surface area contributed by atoms with Crippen molar-refractivity contribution >= 4 is 11.3 Å². The highest BCUT2D eigenvalue weighted by Gasteiger charge is 2.11. The lowest BCUT2D eigenvalue weighted by atomic mass is 10.2. The van der Waals surface area contributed by atoms with Crippen molar-refractivity contribution in [3.8, 4) is 0 Å². The second kappa shape index (κ2) is 4.59. The Hall–Kier alpha value is -1.13. The Bertz CT molecular complexity index is 405. The van der Waals surface area contributed by atoms with E-state index in [1.165, 1.54) is 4.88 Å². The first kappa shape index (κ1) is 10.4. The van der Waals surface area contributed by atoms with Crippen molar-refractivity contribution in [3.05, 3.63) is 40.6 Å². The van der Waals surface area contributed by atoms with Crippen molar-refractivity contribution in [3.63, 3.8) is 0 Å². The Morgan fingerprint density at radius 1 is 1.60 bits per heavy atom. The Balaban J connectivity index is 2.09. The van der Waals surface area contributed by atoms with Crippen LogP contribution in [0, 0.1) is 0 Å². The molecule has 2 aromatic heterocycles. The van der Waals surface area contributed by atoms with Crippen molar-refractivity contribution in [2.75, 3.05) is 0 Å². The Morgan fingerprint density at radius 2 is 2.47 bits per heavy atom. The maximum absolute atomic E-state index is 6.11. The third-order valence-corrected chi connectivity index (χ3v) is 3.46. The van der Waals surface area contributed by atoms with Gasteiger partial charge in [0, 0.05) is 36.3 Å². The molecule has 3 nitrogen and oxygen atoms in total. The molecule has 15 heavy (non-hydrogen) atoms. The van der Waals surface area contributed by atoms with Crippen LogP contribution in [0.5, 0.6) is 0 Å². The molecule has 0 spiro atoms. The number of aromatic nitrogens is 2. The smallest absolute Gasteiger partial charge is 0.110 e. The summed E-state index contributed by atoms with van der Waals surface area (Å²) >= 11 is 1.70. The van der Waals surface area contributed by atoms with Crippen molar-refractivity contribution in [1.29, 1.82) is 0 Å². The van der Waals surface area contributed by atoms with Gasteiger partial charge in [-0.05, 0) is 18.4 Å². The maximum Gasteiger partial charge on any atom is 0.110 e. The van der Waals surface area contributed by atoms with Crippen LogP contribution < -0.4 is 5.73 Å². The summed E-state index contributed by atoms with van der Waals surface area (Å²) < 4.78 is 2.13. The molecule has 2 N–H and O–H groups in total. The highest BCUT2D eigenvalue weighted by atomic mass is 32.1. The van der Waals surface area contributed by atoms with E-state index in [1.807, 2.05) is 18.5 Å². The molecule has 2 aromatic rings. The van der Waals surface area contributed by atoms with Gasteiger partial charge in [-0.1, -0.05) is 6.07 Å². The molecule has 80 valence electrons. The number of hydrogen-bond donors (Lipinski definition) is 1. The maximum atomic E-state index is 6.11. The topological polar surface area (TPSA) is 43.8 Å². The number of imidazole rings is 1. The van der Waals surface area contributed by atoms with E-state index in [0.29, 0.717) is 0 Å². The normalized spacial score (nSPS) is 12.9. The summed E-state index contributed by atoms with van der Waals surface area (Å²) in [6.45, 7) is 3.06. The van der Waals surface area contributed by atoms with E-state index >= 15 is 0 Å². The average molecular weight is 221 g/mol. The van der Waals surface area contributed by atoms with Crippen LogP contribution in [0.1, 0.15) is 23.7 Å². The quantitative estimate of drug-likeness (QED) is 0.860. The van der Waals surface area contributed by atoms with Crippen molar-refractivity contribution < 1.29 is 0 Å². The summed E-state index contributed by atoms with van der Waals surface area (Å²) in [7, 11) is 0. The number of nitrogens with two attached hydrogens (primary N) is 1. The van der Waals surface area contributed by atoms with Crippen LogP contribution in [0.3, 0.4) is 0 Å². The summed E-state index contributed by atoms with van der Waals surface area (Å²) in [5.74, 6) is 1.07. The van der Waals surface area contributed by atoms with E-state index in [4.69, 9.17) is 5.73 Å². The van der Waals surface area contributed by atoms with Crippen molar-refractivity contribution in [2.45, 2.75) is 25.9 Å². The molecular weight excluding hydrogens is 206 g/mol. The van der Waals surface area contributed by atoms with Gasteiger partial charge < -0.3 is 10.3 Å². The Kier molecular flexibility index (Phi) is 3.18. The van der Waals surface area contributed by atoms with Gasteiger partial charge in [0.15, 0.2) is 0 Å². The van der Waals surface area contributed by atoms with Gasteiger partial charge in [0.2, 0.25) is 0 Å². The van der Waals surface area contributed by atoms with Gasteiger partial charge in [0.25, 0.3) is 0 Å². The van der Waals surface area contributed by atoms with Gasteiger partial charge in [0.05, 0.1) is 0 Å². The summed E-state index contributed by atoms with van der Waals surface area (Å²) in [4.78, 5) is 5.55. The van der Waals surface area contributed by atoms with E-state index < -0.39 is 0 Å². The van der Waals surface area contributed by atoms with Crippen LogP contribution in [0.25, 0.3) is 0 Å². The van der Waals surface area contributed by atoms with E-state index in [2.05, 4.69) is 27.9 Å². The van der Waals surface area contributed by atoms with E-state index in [1.54, 1.807) is 11.3 Å². The zero-order chi connectivity index (χ0) is 10.7. The minimum absolute atomic E-state index is 0.0673. The number of thiophene rings is 1. The monoisotopic (exact) mass is 221 g/mol. The van der Waals surface area contributed by atoms with Gasteiger partial charge in [-0.3, -0.25) is 0 Å². The molecule has 1 unspecified atom stereocenters. The molecule has 0 fully saturated rings. The molecule has 0 aliphatic heterocycles. The van der Waals surface area contributed by atoms with Gasteiger partial charge in [-0.2, -0.15) is 0 Å². The van der Waals surface area contributed by atoms with Crippen LogP contribution in [-0.2, 0) is 13.0 Å². The first-order valence-corrected chi connectivity index (χ1v) is 5.98. The van der Waals surface area contributed by atoms with Crippen molar-refractivity contribution in [2.24, 2.45) is 5.73 Å². The van der Waals surface area contributed by atoms with Gasteiger partial charge >= 0.3 is 0 Å². The molecule has 0 aromatic carbocycles. The van der Waals surface area contributed by atoms with E-state index in [0.717, 1.165) is 18.8 Å². The van der Waals surface area contributed by atoms with E-state index in [-0.39, 0.29) is 6.04 Å². The fourth-order valence-corrected chi connectivity index (χ4v) is 2.35. The van der Waals surface area contributed by atoms with Crippen LogP contribution in [0.4, 0.5) is 0 Å². The molecule has 0 radical (unpaired) electrons. The van der Waals surface area contributed by atoms with Crippen LogP contribution in [-0.4, -0.2) is 9.55 Å². The number of rotatable bonds is 4. The summed E-state index contributed by atoms with van der Waals surface area (Å²) in [5.41, 5.74) is 6.11. The molecule has 0 bridgehead atoms. The molecule has 1 atom stereocenters. The SMILES string of the molecule is CCn1ccnc1CC(N)c1cccs1. The highest BCUT2D eigenvalue weighted by molar-refractivity contribution is 7.10. The van der Waals surface area contributed by atoms with Crippen LogP contribution >= 0.6 is 11.3 Å². The highest BCUT2D eigenvalue weighted by Crippen LogP contribution is 2.19. The first-order chi connectivity index (χ1) is 7.31. The molecule has 0 saturated carbocycles. The lowest BCUT2D eigenvalue weighted by Crippen LogP contribution is -2.15. The third kappa shape index (κ3) is 2.27. The predicted molar refractivity (Wildman–Crippen MR) is 62.9 cm³/mol. The summed E-state index contributed by atoms with van der Waals surface area (Å²) in [5, 5.41) is 2.06. The molecule has 4 heteroatoms. The fourth-order valence-electron chi connectivity index (χ4n) is 1.62. The summed E-state index contributed by atoms with van der Waals surface area (Å²) in [6.07, 6.45) is 4.64. The molecule has 2 heterocycles. The van der Waals surface area contributed by atoms with Gasteiger partial charge in [-0.25, -0.2) is 4.98 Å². The lowest BCUT2D eigenvalue weighted by Gasteiger charge is -2.10. The van der Waals surface area contributed by atoms with Crippen LogP contribution in [0.15, 0.2) is 29.9 Å². The molecule has 0 aliphatic carbocycles. The third-order valence-electron chi connectivity index (χ3n) is 2.45. The first-order valence-electron chi connectivity index (χ1n) is 5.10. The molecule has 0 saturated heterocycles. The fraction of sp³-hybridized carbons (Fsp3) is 0.364. The van der Waals surface area contributed by atoms with Crippen molar-refractivity contribution in [1.82, 2.24) is 9.55 Å². The predicted octanol–water partition coefficient (Wildman–Crippen LogP) is 2.21. The number of nitrogens with zero attached hydrogens (tertiary/aromatic N) is 2. The van der Waals surface area contributed by atoms with Crippen LogP contribution in [0.2, 0.25) is 0 Å². The second-order valence-electron chi connectivity index (χ2n) is 3.46. The van der Waals surface area contributed by atoms with Gasteiger partial charge in [-0.15, -0.1) is 11.3 Å². The number of aryl methyl sites for hydroxylation is 1. The van der Waals surface area contributed by atoms with E-state index in [9.17, 15) is 0 Å². The average Bonchev–Trinajstić information content (AvgIpc) is 2.87. The molecule has 0 aliphatic rings. The van der Waals surface area contributed by atoms with Gasteiger partial charge in [0.1, 0.15) is 5.82 Å². The number of hydrogen-bond acceptors (Lipinski definition) is 3. The lowest BCUT2D eigenvalue weighted by molar-refractivity contribution is 0.634. The molecular formula is C11H15N3S. The Morgan fingerprint density at radius 3 is 3.13 bits per heavy atom. The Labute approximate surface area is 93.6 Å². The largest absolute Gasteiger partial charge is 0.335 e. The second-order valence-corrected chi connectivity index (χ2v) is 4.43. The molecule has 2 rings (SSSR count). The minimum Gasteiger partial charge on any atom is -0.335 e. The minimum atomic E-state index is 0.0673. The zero-order valence-corrected chi connectivity index (χ0v) is 9.57. The standard InChI is InChI=1S/C11H15N3S/c1-2-14-6-5-13-11(14)8-9(12)10-4-3-7-15-10/h3-7,9H,2,8,12H2,1H3. The summed E-state index contributed by atoms with van der Waals surface area (Å²) in [6, 6.07) is 4.18. The zero-order valence-electron chi connectivity index (χ0n) is 8.76.